The summed E-state index contributed by atoms with van der Waals surface area (Å²) in [6.07, 6.45) is 0. The molecule has 0 atom stereocenters. The van der Waals surface area contributed by atoms with Crippen molar-refractivity contribution < 1.29 is 0 Å². The Balaban J connectivity index is 1.58. The minimum atomic E-state index is 1.03. The van der Waals surface area contributed by atoms with Crippen molar-refractivity contribution in [2.75, 3.05) is 0 Å². The van der Waals surface area contributed by atoms with E-state index in [1.165, 1.54) is 11.1 Å². The lowest BCUT2D eigenvalue weighted by Crippen LogP contribution is -1.85. The minimum absolute atomic E-state index is 1.03. The molecule has 0 aliphatic rings. The maximum Gasteiger partial charge on any atom is 0.0624 e. The third kappa shape index (κ3) is 3.49. The Kier molecular flexibility index (Phi) is 4.82. The molecule has 0 fully saturated rings. The summed E-state index contributed by atoms with van der Waals surface area (Å²) in [4.78, 5) is 7.22. The second-order valence-corrected chi connectivity index (χ2v) is 8.82. The lowest BCUT2D eigenvalue weighted by atomic mass is 10.0. The van der Waals surface area contributed by atoms with E-state index in [1.807, 2.05) is 0 Å². The molecule has 0 radical (unpaired) electrons. The van der Waals surface area contributed by atoms with Gasteiger partial charge in [-0.1, -0.05) is 108 Å². The Hall–Kier alpha value is -4.48. The van der Waals surface area contributed by atoms with Gasteiger partial charge >= 0.3 is 0 Å². The Labute approximate surface area is 199 Å². The molecule has 4 aromatic carbocycles. The van der Waals surface area contributed by atoms with Crippen LogP contribution in [0.1, 0.15) is 22.3 Å². The molecule has 0 saturated carbocycles. The van der Waals surface area contributed by atoms with Gasteiger partial charge in [0.15, 0.2) is 0 Å². The predicted molar refractivity (Wildman–Crippen MR) is 143 cm³/mol. The summed E-state index contributed by atoms with van der Waals surface area (Å²) in [6.45, 7) is 4.22. The van der Waals surface area contributed by atoms with Crippen molar-refractivity contribution in [2.24, 2.45) is 0 Å². The number of rotatable bonds is 2. The Morgan fingerprint density at radius 1 is 0.471 bits per heavy atom. The number of hydrogen-bond acceptors (Lipinski definition) is 0. The third-order valence-corrected chi connectivity index (χ3v) is 6.41. The van der Waals surface area contributed by atoms with E-state index in [4.69, 9.17) is 0 Å². The van der Waals surface area contributed by atoms with E-state index >= 15 is 0 Å². The average Bonchev–Trinajstić information content (AvgIpc) is 3.42. The maximum atomic E-state index is 3.61. The molecule has 0 spiro atoms. The van der Waals surface area contributed by atoms with Gasteiger partial charge in [-0.2, -0.15) is 0 Å². The van der Waals surface area contributed by atoms with Gasteiger partial charge in [-0.15, -0.1) is 0 Å². The summed E-state index contributed by atoms with van der Waals surface area (Å²) in [6, 6.07) is 34.0. The smallest absolute Gasteiger partial charge is 0.0624 e. The summed E-state index contributed by atoms with van der Waals surface area (Å²) in [5.74, 6) is 7.13. The molecule has 162 valence electrons. The van der Waals surface area contributed by atoms with E-state index < -0.39 is 0 Å². The van der Waals surface area contributed by atoms with Gasteiger partial charge in [0.1, 0.15) is 0 Å². The van der Waals surface area contributed by atoms with Gasteiger partial charge in [0.25, 0.3) is 0 Å². The highest BCUT2D eigenvalue weighted by Gasteiger charge is 2.14. The molecule has 0 aliphatic carbocycles. The van der Waals surface area contributed by atoms with E-state index in [0.717, 1.165) is 55.4 Å². The van der Waals surface area contributed by atoms with Crippen molar-refractivity contribution in [3.63, 3.8) is 0 Å². The number of benzene rings is 4. The number of aromatic amines is 2. The highest BCUT2D eigenvalue weighted by molar-refractivity contribution is 5.97. The molecule has 2 heteroatoms. The van der Waals surface area contributed by atoms with E-state index in [9.17, 15) is 0 Å². The molecule has 6 rings (SSSR count). The van der Waals surface area contributed by atoms with Gasteiger partial charge in [-0.25, -0.2) is 0 Å². The van der Waals surface area contributed by atoms with Gasteiger partial charge in [-0.3, -0.25) is 0 Å². The summed E-state index contributed by atoms with van der Waals surface area (Å²) in [7, 11) is 0. The van der Waals surface area contributed by atoms with Crippen molar-refractivity contribution in [1.82, 2.24) is 9.97 Å². The number of nitrogens with one attached hydrogen (secondary N) is 2. The lowest BCUT2D eigenvalue weighted by Gasteiger charge is -2.02. The summed E-state index contributed by atoms with van der Waals surface area (Å²) in [5.41, 5.74) is 11.1. The highest BCUT2D eigenvalue weighted by atomic mass is 14.7. The average molecular weight is 437 g/mol. The zero-order valence-corrected chi connectivity index (χ0v) is 19.2. The quantitative estimate of drug-likeness (QED) is 0.258. The van der Waals surface area contributed by atoms with E-state index in [1.54, 1.807) is 0 Å². The van der Waals surface area contributed by atoms with Crippen LogP contribution in [0.15, 0.2) is 97.1 Å². The van der Waals surface area contributed by atoms with Crippen LogP contribution in [0.2, 0.25) is 0 Å². The number of aromatic nitrogens is 2. The summed E-state index contributed by atoms with van der Waals surface area (Å²) in [5, 5.41) is 2.28. The van der Waals surface area contributed by atoms with Crippen molar-refractivity contribution in [1.29, 1.82) is 0 Å². The number of fused-ring (bicyclic) bond motifs is 2. The molecule has 2 nitrogen and oxygen atoms in total. The second kappa shape index (κ2) is 8.14. The zero-order valence-electron chi connectivity index (χ0n) is 19.2. The third-order valence-electron chi connectivity index (χ3n) is 6.41. The molecule has 2 heterocycles. The van der Waals surface area contributed by atoms with Gasteiger partial charge in [0.05, 0.1) is 22.5 Å². The fourth-order valence-electron chi connectivity index (χ4n) is 4.54. The van der Waals surface area contributed by atoms with Gasteiger partial charge in [0.2, 0.25) is 0 Å². The molecule has 0 unspecified atom stereocenters. The second-order valence-electron chi connectivity index (χ2n) is 8.82. The van der Waals surface area contributed by atoms with E-state index in [0.29, 0.717) is 0 Å². The monoisotopic (exact) mass is 436 g/mol. The van der Waals surface area contributed by atoms with Crippen LogP contribution >= 0.6 is 0 Å². The van der Waals surface area contributed by atoms with Crippen LogP contribution in [0.25, 0.3) is 44.3 Å². The molecule has 0 amide bonds. The Morgan fingerprint density at radius 3 is 1.26 bits per heavy atom. The SMILES string of the molecule is Cc1ccc(-c2[nH]c3ccccc3c2C#Cc2c(-c3ccc(C)cc3)[nH]c3ccccc23)cc1. The standard InChI is InChI=1S/C32H24N2/c1-21-11-15-23(16-12-21)31-27(25-7-3-5-9-29(25)33-31)19-20-28-26-8-4-6-10-30(26)34-32(28)24-17-13-22(2)14-18-24/h3-18,33-34H,1-2H3. The number of aryl methyl sites for hydroxylation is 2. The molecular formula is C32H24N2. The molecule has 0 bridgehead atoms. The first kappa shape index (κ1) is 20.1. The molecule has 2 aromatic heterocycles. The van der Waals surface area contributed by atoms with Crippen molar-refractivity contribution >= 4 is 21.8 Å². The summed E-state index contributed by atoms with van der Waals surface area (Å²) >= 11 is 0. The van der Waals surface area contributed by atoms with Crippen molar-refractivity contribution in [3.05, 3.63) is 119 Å². The van der Waals surface area contributed by atoms with Crippen molar-refractivity contribution in [2.45, 2.75) is 13.8 Å². The fourth-order valence-corrected chi connectivity index (χ4v) is 4.54. The minimum Gasteiger partial charge on any atom is -0.353 e. The summed E-state index contributed by atoms with van der Waals surface area (Å²) < 4.78 is 0. The van der Waals surface area contributed by atoms with Gasteiger partial charge in [-0.05, 0) is 37.1 Å². The maximum absolute atomic E-state index is 3.61. The van der Waals surface area contributed by atoms with Crippen LogP contribution in [0, 0.1) is 25.7 Å². The number of H-pyrrole nitrogens is 2. The van der Waals surface area contributed by atoms with Crippen LogP contribution < -0.4 is 0 Å². The first-order valence-electron chi connectivity index (χ1n) is 11.5. The molecule has 0 saturated heterocycles. The van der Waals surface area contributed by atoms with Crippen LogP contribution in [0.3, 0.4) is 0 Å². The van der Waals surface area contributed by atoms with Gasteiger partial charge in [0, 0.05) is 21.8 Å². The Bertz CT molecular complexity index is 1570. The zero-order chi connectivity index (χ0) is 23.1. The largest absolute Gasteiger partial charge is 0.353 e. The molecule has 34 heavy (non-hydrogen) atoms. The van der Waals surface area contributed by atoms with Crippen LogP contribution in [-0.4, -0.2) is 9.97 Å². The predicted octanol–water partition coefficient (Wildman–Crippen LogP) is 8.00. The van der Waals surface area contributed by atoms with Crippen LogP contribution in [-0.2, 0) is 0 Å². The fraction of sp³-hybridized carbons (Fsp3) is 0.0625. The van der Waals surface area contributed by atoms with Crippen molar-refractivity contribution in [3.8, 4) is 34.4 Å². The highest BCUT2D eigenvalue weighted by Crippen LogP contribution is 2.32. The number of para-hydroxylation sites is 2. The van der Waals surface area contributed by atoms with Crippen LogP contribution in [0.4, 0.5) is 0 Å². The molecule has 2 N–H and O–H groups in total. The number of hydrogen-bond donors (Lipinski definition) is 2. The molecule has 6 aromatic rings. The van der Waals surface area contributed by atoms with Crippen LogP contribution in [0.5, 0.6) is 0 Å². The topological polar surface area (TPSA) is 31.6 Å². The normalized spacial score (nSPS) is 11.0. The van der Waals surface area contributed by atoms with E-state index in [2.05, 4.69) is 133 Å². The molecule has 0 aliphatic heterocycles. The first-order valence-corrected chi connectivity index (χ1v) is 11.5. The molecular weight excluding hydrogens is 412 g/mol. The lowest BCUT2D eigenvalue weighted by molar-refractivity contribution is 1.41. The van der Waals surface area contributed by atoms with Gasteiger partial charge < -0.3 is 9.97 Å². The van der Waals surface area contributed by atoms with E-state index in [-0.39, 0.29) is 0 Å². The first-order chi connectivity index (χ1) is 16.7. The Morgan fingerprint density at radius 2 is 0.853 bits per heavy atom.